The highest BCUT2D eigenvalue weighted by atomic mass is 16.4. The van der Waals surface area contributed by atoms with Gasteiger partial charge in [0.1, 0.15) is 5.76 Å². The average molecular weight is 272 g/mol. The van der Waals surface area contributed by atoms with Crippen molar-refractivity contribution < 1.29 is 4.42 Å². The monoisotopic (exact) mass is 272 g/mol. The molecule has 0 aliphatic carbocycles. The second kappa shape index (κ2) is 5.43. The third-order valence-electron chi connectivity index (χ3n) is 2.64. The lowest BCUT2D eigenvalue weighted by atomic mass is 10.2. The van der Waals surface area contributed by atoms with Crippen molar-refractivity contribution in [1.82, 2.24) is 4.98 Å². The normalized spacial score (nSPS) is 11.4. The molecule has 2 aromatic rings. The van der Waals surface area contributed by atoms with Crippen LogP contribution in [0.1, 0.15) is 11.5 Å². The van der Waals surface area contributed by atoms with E-state index in [1.165, 1.54) is 0 Å². The fourth-order valence-electron chi connectivity index (χ4n) is 1.62. The van der Waals surface area contributed by atoms with E-state index in [0.29, 0.717) is 11.6 Å². The molecule has 0 fully saturated rings. The minimum Gasteiger partial charge on any atom is -0.441 e. The highest BCUT2D eigenvalue weighted by molar-refractivity contribution is 5.94. The van der Waals surface area contributed by atoms with Crippen LogP contribution in [-0.4, -0.2) is 16.9 Å². The van der Waals surface area contributed by atoms with Crippen LogP contribution in [0.4, 0.5) is 5.69 Å². The van der Waals surface area contributed by atoms with E-state index >= 15 is 0 Å². The van der Waals surface area contributed by atoms with Crippen LogP contribution in [0.25, 0.3) is 11.5 Å². The standard InChI is InChI=1S/C13H16N6O/c1-7-8(2)20-11(17-7)9-5-3-4-6-10(9)18-13(16)19-12(14)15/h3-6H,1-2H3,(H6,14,15,16,18,19). The Bertz CT molecular complexity index is 662. The van der Waals surface area contributed by atoms with Gasteiger partial charge in [0.25, 0.3) is 0 Å². The molecule has 1 aromatic carbocycles. The second-order valence-corrected chi connectivity index (χ2v) is 4.18. The smallest absolute Gasteiger partial charge is 0.228 e. The minimum atomic E-state index is -0.147. The minimum absolute atomic E-state index is 0.0301. The number of nitrogens with zero attached hydrogens (tertiary/aromatic N) is 3. The van der Waals surface area contributed by atoms with E-state index in [2.05, 4.69) is 15.0 Å². The first-order chi connectivity index (χ1) is 9.47. The molecule has 1 aromatic heterocycles. The Labute approximate surface area is 116 Å². The predicted octanol–water partition coefficient (Wildman–Crippen LogP) is 1.18. The number of para-hydroxylation sites is 1. The number of rotatable bonds is 2. The molecule has 0 atom stereocenters. The van der Waals surface area contributed by atoms with Crippen molar-refractivity contribution in [2.45, 2.75) is 13.8 Å². The van der Waals surface area contributed by atoms with Crippen molar-refractivity contribution in [3.05, 3.63) is 35.7 Å². The van der Waals surface area contributed by atoms with E-state index in [4.69, 9.17) is 21.6 Å². The third kappa shape index (κ3) is 2.94. The molecule has 0 saturated heterocycles. The Kier molecular flexibility index (Phi) is 3.69. The SMILES string of the molecule is Cc1nc(-c2ccccc2N=C(N)N=C(N)N)oc1C. The zero-order valence-electron chi connectivity index (χ0n) is 11.3. The first kappa shape index (κ1) is 13.6. The molecule has 2 rings (SSSR count). The summed E-state index contributed by atoms with van der Waals surface area (Å²) < 4.78 is 5.60. The topological polar surface area (TPSA) is 129 Å². The number of hydrogen-bond donors (Lipinski definition) is 3. The summed E-state index contributed by atoms with van der Waals surface area (Å²) >= 11 is 0. The van der Waals surface area contributed by atoms with Gasteiger partial charge in [0, 0.05) is 0 Å². The van der Waals surface area contributed by atoms with Gasteiger partial charge >= 0.3 is 0 Å². The van der Waals surface area contributed by atoms with Crippen LogP contribution in [0.3, 0.4) is 0 Å². The van der Waals surface area contributed by atoms with Crippen LogP contribution in [0.2, 0.25) is 0 Å². The van der Waals surface area contributed by atoms with Crippen molar-refractivity contribution >= 4 is 17.6 Å². The maximum absolute atomic E-state index is 5.64. The lowest BCUT2D eigenvalue weighted by Crippen LogP contribution is -2.26. The van der Waals surface area contributed by atoms with E-state index in [1.807, 2.05) is 32.0 Å². The summed E-state index contributed by atoms with van der Waals surface area (Å²) in [5.41, 5.74) is 18.3. The molecule has 0 saturated carbocycles. The summed E-state index contributed by atoms with van der Waals surface area (Å²) in [5, 5.41) is 0. The number of aryl methyl sites for hydroxylation is 2. The van der Waals surface area contributed by atoms with Gasteiger partial charge in [-0.3, -0.25) is 0 Å². The van der Waals surface area contributed by atoms with E-state index in [9.17, 15) is 0 Å². The summed E-state index contributed by atoms with van der Waals surface area (Å²) in [6, 6.07) is 7.30. The molecule has 6 N–H and O–H groups in total. The van der Waals surface area contributed by atoms with Crippen molar-refractivity contribution in [3.63, 3.8) is 0 Å². The van der Waals surface area contributed by atoms with Gasteiger partial charge < -0.3 is 21.6 Å². The largest absolute Gasteiger partial charge is 0.441 e. The number of aliphatic imine (C=N–C) groups is 2. The van der Waals surface area contributed by atoms with Crippen LogP contribution >= 0.6 is 0 Å². The summed E-state index contributed by atoms with van der Waals surface area (Å²) in [7, 11) is 0. The lowest BCUT2D eigenvalue weighted by Gasteiger charge is -2.01. The van der Waals surface area contributed by atoms with Crippen molar-refractivity contribution in [2.24, 2.45) is 27.2 Å². The van der Waals surface area contributed by atoms with Gasteiger partial charge in [-0.15, -0.1) is 0 Å². The van der Waals surface area contributed by atoms with E-state index in [0.717, 1.165) is 17.0 Å². The Morgan fingerprint density at radius 2 is 1.85 bits per heavy atom. The average Bonchev–Trinajstić information content (AvgIpc) is 2.69. The van der Waals surface area contributed by atoms with Crippen LogP contribution in [0.5, 0.6) is 0 Å². The van der Waals surface area contributed by atoms with E-state index in [-0.39, 0.29) is 11.9 Å². The first-order valence-electron chi connectivity index (χ1n) is 5.94. The fraction of sp³-hybridized carbons (Fsp3) is 0.154. The summed E-state index contributed by atoms with van der Waals surface area (Å²) in [4.78, 5) is 12.2. The summed E-state index contributed by atoms with van der Waals surface area (Å²) in [5.74, 6) is 1.07. The molecule has 104 valence electrons. The number of benzene rings is 1. The third-order valence-corrected chi connectivity index (χ3v) is 2.64. The Morgan fingerprint density at radius 3 is 2.45 bits per heavy atom. The zero-order chi connectivity index (χ0) is 14.7. The van der Waals surface area contributed by atoms with Gasteiger partial charge in [-0.1, -0.05) is 12.1 Å². The van der Waals surface area contributed by atoms with Crippen molar-refractivity contribution in [3.8, 4) is 11.5 Å². The van der Waals surface area contributed by atoms with Crippen LogP contribution in [0, 0.1) is 13.8 Å². The first-order valence-corrected chi connectivity index (χ1v) is 5.94. The molecule has 7 heteroatoms. The van der Waals surface area contributed by atoms with Gasteiger partial charge in [-0.25, -0.2) is 9.98 Å². The molecule has 0 aliphatic heterocycles. The number of hydrogen-bond acceptors (Lipinski definition) is 3. The maximum Gasteiger partial charge on any atom is 0.228 e. The Hall–Kier alpha value is -2.83. The molecule has 0 unspecified atom stereocenters. The zero-order valence-corrected chi connectivity index (χ0v) is 11.3. The number of aromatic nitrogens is 1. The number of guanidine groups is 2. The molecule has 0 radical (unpaired) electrons. The van der Waals surface area contributed by atoms with Gasteiger partial charge in [0.2, 0.25) is 11.9 Å². The van der Waals surface area contributed by atoms with Gasteiger partial charge in [0.05, 0.1) is 16.9 Å². The van der Waals surface area contributed by atoms with Gasteiger partial charge in [-0.05, 0) is 26.0 Å². The van der Waals surface area contributed by atoms with Crippen LogP contribution in [-0.2, 0) is 0 Å². The maximum atomic E-state index is 5.64. The van der Waals surface area contributed by atoms with E-state index in [1.54, 1.807) is 6.07 Å². The lowest BCUT2D eigenvalue weighted by molar-refractivity contribution is 0.541. The molecular weight excluding hydrogens is 256 g/mol. The molecule has 0 aliphatic rings. The molecule has 20 heavy (non-hydrogen) atoms. The fourth-order valence-corrected chi connectivity index (χ4v) is 1.62. The van der Waals surface area contributed by atoms with Crippen molar-refractivity contribution in [2.75, 3.05) is 0 Å². The number of oxazole rings is 1. The highest BCUT2D eigenvalue weighted by Gasteiger charge is 2.12. The molecule has 0 bridgehead atoms. The second-order valence-electron chi connectivity index (χ2n) is 4.18. The van der Waals surface area contributed by atoms with Gasteiger partial charge in [-0.2, -0.15) is 4.99 Å². The quantitative estimate of drug-likeness (QED) is 0.558. The van der Waals surface area contributed by atoms with Crippen molar-refractivity contribution in [1.29, 1.82) is 0 Å². The molecule has 1 heterocycles. The highest BCUT2D eigenvalue weighted by Crippen LogP contribution is 2.30. The van der Waals surface area contributed by atoms with Gasteiger partial charge in [0.15, 0.2) is 5.96 Å². The number of nitrogens with two attached hydrogens (primary N) is 3. The molecule has 0 spiro atoms. The summed E-state index contributed by atoms with van der Waals surface area (Å²) in [6.07, 6.45) is 0. The molecular formula is C13H16N6O. The van der Waals surface area contributed by atoms with E-state index < -0.39 is 0 Å². The molecule has 7 nitrogen and oxygen atoms in total. The summed E-state index contributed by atoms with van der Waals surface area (Å²) in [6.45, 7) is 3.73. The molecule has 0 amide bonds. The Morgan fingerprint density at radius 1 is 1.15 bits per heavy atom. The van der Waals surface area contributed by atoms with Crippen LogP contribution < -0.4 is 17.2 Å². The van der Waals surface area contributed by atoms with Crippen LogP contribution in [0.15, 0.2) is 38.7 Å². The predicted molar refractivity (Wildman–Crippen MR) is 78.5 cm³/mol. The Balaban J connectivity index is 2.48.